The van der Waals surface area contributed by atoms with E-state index in [1.807, 2.05) is 13.8 Å². The molecule has 4 N–H and O–H groups in total. The van der Waals surface area contributed by atoms with E-state index in [1.165, 1.54) is 0 Å². The van der Waals surface area contributed by atoms with Crippen molar-refractivity contribution >= 4 is 0 Å². The summed E-state index contributed by atoms with van der Waals surface area (Å²) in [6.07, 6.45) is -2.86. The number of rotatable bonds is 3. The molecule has 3 unspecified atom stereocenters. The van der Waals surface area contributed by atoms with Gasteiger partial charge in [0.1, 0.15) is 17.8 Å². The summed E-state index contributed by atoms with van der Waals surface area (Å²) in [7, 11) is 0. The van der Waals surface area contributed by atoms with E-state index >= 15 is 0 Å². The van der Waals surface area contributed by atoms with Gasteiger partial charge in [0.05, 0.1) is 19.3 Å². The zero-order chi connectivity index (χ0) is 10.9. The molecule has 0 aromatic heterocycles. The summed E-state index contributed by atoms with van der Waals surface area (Å²) in [6, 6.07) is 0. The summed E-state index contributed by atoms with van der Waals surface area (Å²) in [4.78, 5) is 0. The molecule has 0 spiro atoms. The zero-order valence-electron chi connectivity index (χ0n) is 8.42. The van der Waals surface area contributed by atoms with E-state index in [2.05, 4.69) is 0 Å². The normalized spacial score (nSPS) is 36.6. The fourth-order valence-corrected chi connectivity index (χ4v) is 1.74. The van der Waals surface area contributed by atoms with Crippen LogP contribution in [0.1, 0.15) is 13.8 Å². The summed E-state index contributed by atoms with van der Waals surface area (Å²) in [5.41, 5.74) is -1.42. The minimum Gasteiger partial charge on any atom is -0.393 e. The maximum atomic E-state index is 9.63. The molecule has 0 radical (unpaired) electrons. The van der Waals surface area contributed by atoms with E-state index in [9.17, 15) is 10.2 Å². The van der Waals surface area contributed by atoms with Gasteiger partial charge in [0, 0.05) is 0 Å². The van der Waals surface area contributed by atoms with Gasteiger partial charge in [0.25, 0.3) is 0 Å². The van der Waals surface area contributed by atoms with Crippen LogP contribution < -0.4 is 0 Å². The number of aliphatic hydroxyl groups is 4. The van der Waals surface area contributed by atoms with Crippen molar-refractivity contribution in [2.75, 3.05) is 13.2 Å². The zero-order valence-corrected chi connectivity index (χ0v) is 8.42. The number of ether oxygens (including phenoxy) is 1. The average molecular weight is 206 g/mol. The molecule has 5 heteroatoms. The number of hydrogen-bond donors (Lipinski definition) is 4. The van der Waals surface area contributed by atoms with Gasteiger partial charge in [-0.25, -0.2) is 0 Å². The van der Waals surface area contributed by atoms with Gasteiger partial charge in [0.2, 0.25) is 0 Å². The molecule has 0 aromatic rings. The Morgan fingerprint density at radius 2 is 1.71 bits per heavy atom. The maximum absolute atomic E-state index is 9.63. The molecule has 0 saturated carbocycles. The average Bonchev–Trinajstić information content (AvgIpc) is 2.42. The Balaban J connectivity index is 2.84. The van der Waals surface area contributed by atoms with Gasteiger partial charge in [-0.15, -0.1) is 0 Å². The molecule has 1 aliphatic heterocycles. The predicted molar refractivity (Wildman–Crippen MR) is 48.6 cm³/mol. The van der Waals surface area contributed by atoms with Crippen LogP contribution in [0.4, 0.5) is 0 Å². The Kier molecular flexibility index (Phi) is 3.49. The molecule has 84 valence electrons. The monoisotopic (exact) mass is 206 g/mol. The largest absolute Gasteiger partial charge is 0.393 e. The van der Waals surface area contributed by atoms with Crippen LogP contribution in [-0.4, -0.2) is 57.6 Å². The van der Waals surface area contributed by atoms with E-state index in [0.717, 1.165) is 0 Å². The molecule has 0 amide bonds. The fraction of sp³-hybridized carbons (Fsp3) is 1.00. The molecule has 5 nitrogen and oxygen atoms in total. The molecule has 1 aliphatic rings. The molecular formula is C9H18O5. The van der Waals surface area contributed by atoms with Crippen molar-refractivity contribution in [2.24, 2.45) is 5.92 Å². The van der Waals surface area contributed by atoms with Crippen molar-refractivity contribution in [1.82, 2.24) is 0 Å². The van der Waals surface area contributed by atoms with E-state index < -0.39 is 37.1 Å². The second-order valence-corrected chi connectivity index (χ2v) is 4.14. The highest BCUT2D eigenvalue weighted by atomic mass is 16.6. The maximum Gasteiger partial charge on any atom is 0.143 e. The fourth-order valence-electron chi connectivity index (χ4n) is 1.74. The Morgan fingerprint density at radius 3 is 1.93 bits per heavy atom. The van der Waals surface area contributed by atoms with Crippen molar-refractivity contribution in [3.63, 3.8) is 0 Å². The third kappa shape index (κ3) is 1.66. The van der Waals surface area contributed by atoms with Crippen LogP contribution in [-0.2, 0) is 4.74 Å². The van der Waals surface area contributed by atoms with E-state index in [0.29, 0.717) is 0 Å². The van der Waals surface area contributed by atoms with Crippen molar-refractivity contribution in [3.8, 4) is 0 Å². The van der Waals surface area contributed by atoms with Crippen LogP contribution in [0, 0.1) is 5.92 Å². The van der Waals surface area contributed by atoms with Crippen LogP contribution in [0.5, 0.6) is 0 Å². The summed E-state index contributed by atoms with van der Waals surface area (Å²) < 4.78 is 5.33. The molecule has 0 aromatic carbocycles. The van der Waals surface area contributed by atoms with Gasteiger partial charge in [0.15, 0.2) is 0 Å². The molecule has 0 aliphatic carbocycles. The van der Waals surface area contributed by atoms with E-state index in [1.54, 1.807) is 0 Å². The highest BCUT2D eigenvalue weighted by Crippen LogP contribution is 2.33. The smallest absolute Gasteiger partial charge is 0.143 e. The van der Waals surface area contributed by atoms with Gasteiger partial charge in [-0.1, -0.05) is 13.8 Å². The molecule has 0 bridgehead atoms. The molecule has 3 atom stereocenters. The van der Waals surface area contributed by atoms with Gasteiger partial charge in [-0.2, -0.15) is 0 Å². The van der Waals surface area contributed by atoms with Gasteiger partial charge >= 0.3 is 0 Å². The van der Waals surface area contributed by atoms with Gasteiger partial charge in [-0.05, 0) is 5.92 Å². The van der Waals surface area contributed by atoms with Crippen molar-refractivity contribution in [3.05, 3.63) is 0 Å². The summed E-state index contributed by atoms with van der Waals surface area (Å²) >= 11 is 0. The molecule has 14 heavy (non-hydrogen) atoms. The molecule has 1 fully saturated rings. The Hall–Kier alpha value is -0.200. The first-order valence-corrected chi connectivity index (χ1v) is 4.74. The Bertz CT molecular complexity index is 188. The van der Waals surface area contributed by atoms with Crippen molar-refractivity contribution in [1.29, 1.82) is 0 Å². The topological polar surface area (TPSA) is 90.2 Å². The van der Waals surface area contributed by atoms with Crippen molar-refractivity contribution in [2.45, 2.75) is 37.8 Å². The molecule has 1 heterocycles. The highest BCUT2D eigenvalue weighted by Gasteiger charge is 2.54. The molecular weight excluding hydrogens is 188 g/mol. The van der Waals surface area contributed by atoms with Crippen molar-refractivity contribution < 1.29 is 25.2 Å². The van der Waals surface area contributed by atoms with Crippen LogP contribution in [0.3, 0.4) is 0 Å². The van der Waals surface area contributed by atoms with Crippen LogP contribution >= 0.6 is 0 Å². The second-order valence-electron chi connectivity index (χ2n) is 4.14. The summed E-state index contributed by atoms with van der Waals surface area (Å²) in [5.74, 6) is 0.0135. The number of hydrogen-bond acceptors (Lipinski definition) is 5. The lowest BCUT2D eigenvalue weighted by Gasteiger charge is -2.27. The van der Waals surface area contributed by atoms with Crippen LogP contribution in [0.15, 0.2) is 0 Å². The minimum atomic E-state index is -1.42. The van der Waals surface area contributed by atoms with E-state index in [-0.39, 0.29) is 5.92 Å². The SMILES string of the molecule is CC(C)C1OC(CO)(CO)C(O)C1O. The van der Waals surface area contributed by atoms with Gasteiger partial charge < -0.3 is 25.2 Å². The lowest BCUT2D eigenvalue weighted by atomic mass is 9.93. The summed E-state index contributed by atoms with van der Waals surface area (Å²) in [6.45, 7) is 2.66. The first-order chi connectivity index (χ1) is 6.48. The van der Waals surface area contributed by atoms with Gasteiger partial charge in [-0.3, -0.25) is 0 Å². The van der Waals surface area contributed by atoms with Crippen LogP contribution in [0.2, 0.25) is 0 Å². The first-order valence-electron chi connectivity index (χ1n) is 4.74. The lowest BCUT2D eigenvalue weighted by molar-refractivity contribution is -0.141. The second kappa shape index (κ2) is 4.12. The lowest BCUT2D eigenvalue weighted by Crippen LogP contribution is -2.49. The third-order valence-corrected chi connectivity index (χ3v) is 2.76. The first kappa shape index (κ1) is 11.9. The predicted octanol–water partition coefficient (Wildman–Crippen LogP) is -1.51. The van der Waals surface area contributed by atoms with E-state index in [4.69, 9.17) is 14.9 Å². The quantitative estimate of drug-likeness (QED) is 0.450. The highest BCUT2D eigenvalue weighted by molar-refractivity contribution is 5.02. The molecule has 1 saturated heterocycles. The Labute approximate surface area is 82.9 Å². The summed E-state index contributed by atoms with van der Waals surface area (Å²) in [5, 5.41) is 37.4. The third-order valence-electron chi connectivity index (χ3n) is 2.76. The van der Waals surface area contributed by atoms with Crippen LogP contribution in [0.25, 0.3) is 0 Å². The number of aliphatic hydroxyl groups excluding tert-OH is 4. The standard InChI is InChI=1S/C9H18O5/c1-5(2)7-6(12)8(13)9(3-10,4-11)14-7/h5-8,10-13H,3-4H2,1-2H3. The Morgan fingerprint density at radius 1 is 1.21 bits per heavy atom. The molecule has 1 rings (SSSR count). The minimum absolute atomic E-state index is 0.0135.